The minimum absolute atomic E-state index is 0.0688. The zero-order valence-electron chi connectivity index (χ0n) is 11.0. The molecule has 0 aliphatic rings. The first-order valence-electron chi connectivity index (χ1n) is 5.72. The van der Waals surface area contributed by atoms with Gasteiger partial charge in [-0.3, -0.25) is 4.98 Å². The molecule has 19 heavy (non-hydrogen) atoms. The number of aromatic nitrogens is 1. The maximum absolute atomic E-state index is 11.7. The van der Waals surface area contributed by atoms with Crippen LogP contribution in [-0.2, 0) is 16.6 Å². The summed E-state index contributed by atoms with van der Waals surface area (Å²) >= 11 is 0. The molecule has 7 nitrogen and oxygen atoms in total. The van der Waals surface area contributed by atoms with Crippen LogP contribution in [0.25, 0.3) is 0 Å². The van der Waals surface area contributed by atoms with Gasteiger partial charge in [-0.05, 0) is 11.6 Å². The van der Waals surface area contributed by atoms with Gasteiger partial charge in [0.1, 0.15) is 0 Å². The van der Waals surface area contributed by atoms with Crippen molar-refractivity contribution in [1.29, 1.82) is 0 Å². The molecule has 1 aromatic rings. The third-order valence-electron chi connectivity index (χ3n) is 2.27. The van der Waals surface area contributed by atoms with Gasteiger partial charge in [0.05, 0.1) is 5.75 Å². The topological polar surface area (TPSA) is 91.4 Å². The lowest BCUT2D eigenvalue weighted by atomic mass is 10.3. The fourth-order valence-electron chi connectivity index (χ4n) is 1.22. The summed E-state index contributed by atoms with van der Waals surface area (Å²) in [6, 6.07) is 3.20. The van der Waals surface area contributed by atoms with Gasteiger partial charge in [-0.2, -0.15) is 0 Å². The third-order valence-corrected chi connectivity index (χ3v) is 3.60. The van der Waals surface area contributed by atoms with Crippen LogP contribution in [0.2, 0.25) is 0 Å². The van der Waals surface area contributed by atoms with Gasteiger partial charge in [-0.1, -0.05) is 6.07 Å². The lowest BCUT2D eigenvalue weighted by molar-refractivity contribution is 0.218. The van der Waals surface area contributed by atoms with Crippen LogP contribution >= 0.6 is 0 Å². The lowest BCUT2D eigenvalue weighted by Crippen LogP contribution is -2.39. The van der Waals surface area contributed by atoms with E-state index in [1.807, 2.05) is 0 Å². The van der Waals surface area contributed by atoms with Crippen LogP contribution in [0.15, 0.2) is 24.5 Å². The van der Waals surface area contributed by atoms with Gasteiger partial charge in [0.25, 0.3) is 0 Å². The highest BCUT2D eigenvalue weighted by atomic mass is 32.2. The average molecular weight is 286 g/mol. The molecule has 0 unspecified atom stereocenters. The molecule has 0 spiro atoms. The van der Waals surface area contributed by atoms with E-state index in [-0.39, 0.29) is 24.9 Å². The smallest absolute Gasteiger partial charge is 0.316 e. The summed E-state index contributed by atoms with van der Waals surface area (Å²) in [6.45, 7) is 0.261. The molecule has 1 aromatic heterocycles. The molecule has 0 aliphatic carbocycles. The maximum Gasteiger partial charge on any atom is 0.316 e. The Balaban J connectivity index is 2.34. The Labute approximate surface area is 113 Å². The van der Waals surface area contributed by atoms with Crippen molar-refractivity contribution in [1.82, 2.24) is 19.9 Å². The van der Waals surface area contributed by atoms with Crippen LogP contribution in [0.3, 0.4) is 0 Å². The predicted octanol–water partition coefficient (Wildman–Crippen LogP) is -0.228. The van der Waals surface area contributed by atoms with E-state index in [4.69, 9.17) is 0 Å². The molecule has 0 fully saturated rings. The van der Waals surface area contributed by atoms with Gasteiger partial charge in [-0.15, -0.1) is 0 Å². The van der Waals surface area contributed by atoms with Crippen LogP contribution in [-0.4, -0.2) is 50.7 Å². The molecule has 106 valence electrons. The monoisotopic (exact) mass is 286 g/mol. The molecule has 1 heterocycles. The summed E-state index contributed by atoms with van der Waals surface area (Å²) in [5.74, 6) is -0.160. The van der Waals surface area contributed by atoms with Gasteiger partial charge in [0.15, 0.2) is 0 Å². The quantitative estimate of drug-likeness (QED) is 0.756. The molecule has 0 saturated carbocycles. The van der Waals surface area contributed by atoms with E-state index in [0.717, 1.165) is 5.56 Å². The van der Waals surface area contributed by atoms with Gasteiger partial charge in [-0.25, -0.2) is 17.9 Å². The Hall–Kier alpha value is -1.67. The molecule has 0 saturated heterocycles. The van der Waals surface area contributed by atoms with Crippen molar-refractivity contribution in [2.45, 2.75) is 6.54 Å². The number of nitrogens with zero attached hydrogens (tertiary/aromatic N) is 2. The Bertz CT molecular complexity index is 502. The molecule has 0 bridgehead atoms. The minimum Gasteiger partial charge on any atom is -0.337 e. The molecule has 8 heteroatoms. The summed E-state index contributed by atoms with van der Waals surface area (Å²) in [5, 5.41) is 2.49. The lowest BCUT2D eigenvalue weighted by Gasteiger charge is -2.12. The largest absolute Gasteiger partial charge is 0.337 e. The first-order valence-corrected chi connectivity index (χ1v) is 7.37. The van der Waals surface area contributed by atoms with Gasteiger partial charge < -0.3 is 10.2 Å². The normalized spacial score (nSPS) is 11.1. The van der Waals surface area contributed by atoms with Crippen LogP contribution in [0.1, 0.15) is 5.56 Å². The molecule has 1 rings (SSSR count). The zero-order valence-corrected chi connectivity index (χ0v) is 11.8. The van der Waals surface area contributed by atoms with E-state index in [1.165, 1.54) is 4.90 Å². The number of pyridine rings is 1. The highest BCUT2D eigenvalue weighted by molar-refractivity contribution is 7.89. The van der Waals surface area contributed by atoms with Crippen molar-refractivity contribution in [3.8, 4) is 0 Å². The van der Waals surface area contributed by atoms with E-state index >= 15 is 0 Å². The number of urea groups is 1. The molecule has 2 N–H and O–H groups in total. The Kier molecular flexibility index (Phi) is 5.71. The van der Waals surface area contributed by atoms with Gasteiger partial charge in [0, 0.05) is 39.6 Å². The summed E-state index contributed by atoms with van der Waals surface area (Å²) in [6.07, 6.45) is 3.21. The fourth-order valence-corrected chi connectivity index (χ4v) is 2.12. The predicted molar refractivity (Wildman–Crippen MR) is 71.9 cm³/mol. The molecule has 0 aromatic carbocycles. The SMILES string of the molecule is CN(C)C(=O)NCCS(=O)(=O)NCc1cccnc1. The van der Waals surface area contributed by atoms with Gasteiger partial charge in [0.2, 0.25) is 10.0 Å². The average Bonchev–Trinajstić information content (AvgIpc) is 2.37. The number of sulfonamides is 1. The van der Waals surface area contributed by atoms with Crippen molar-refractivity contribution in [3.05, 3.63) is 30.1 Å². The standard InChI is InChI=1S/C11H18N4O3S/c1-15(2)11(16)13-6-7-19(17,18)14-9-10-4-3-5-12-8-10/h3-5,8,14H,6-7,9H2,1-2H3,(H,13,16). The second-order valence-electron chi connectivity index (χ2n) is 4.13. The van der Waals surface area contributed by atoms with E-state index < -0.39 is 10.0 Å². The van der Waals surface area contributed by atoms with Crippen molar-refractivity contribution < 1.29 is 13.2 Å². The molecule has 2 amide bonds. The number of rotatable bonds is 6. The summed E-state index contributed by atoms with van der Waals surface area (Å²) < 4.78 is 25.8. The van der Waals surface area contributed by atoms with Crippen LogP contribution in [0.4, 0.5) is 4.79 Å². The molecule has 0 radical (unpaired) electrons. The van der Waals surface area contributed by atoms with Crippen molar-refractivity contribution in [2.24, 2.45) is 0 Å². The summed E-state index contributed by atoms with van der Waals surface area (Å²) in [4.78, 5) is 16.4. The molecule has 0 aliphatic heterocycles. The van der Waals surface area contributed by atoms with Crippen molar-refractivity contribution in [3.63, 3.8) is 0 Å². The van der Waals surface area contributed by atoms with Crippen molar-refractivity contribution in [2.75, 3.05) is 26.4 Å². The third kappa shape index (κ3) is 6.16. The van der Waals surface area contributed by atoms with Crippen LogP contribution in [0.5, 0.6) is 0 Å². The van der Waals surface area contributed by atoms with E-state index in [2.05, 4.69) is 15.0 Å². The Morgan fingerprint density at radius 1 is 1.42 bits per heavy atom. The number of amides is 2. The molecular weight excluding hydrogens is 268 g/mol. The van der Waals surface area contributed by atoms with E-state index in [0.29, 0.717) is 0 Å². The molecule has 0 atom stereocenters. The van der Waals surface area contributed by atoms with E-state index in [1.54, 1.807) is 38.6 Å². The van der Waals surface area contributed by atoms with Crippen molar-refractivity contribution >= 4 is 16.1 Å². The van der Waals surface area contributed by atoms with E-state index in [9.17, 15) is 13.2 Å². The van der Waals surface area contributed by atoms with Crippen LogP contribution < -0.4 is 10.0 Å². The number of nitrogens with one attached hydrogen (secondary N) is 2. The summed E-state index contributed by atoms with van der Waals surface area (Å²) in [5.41, 5.74) is 0.781. The second kappa shape index (κ2) is 7.05. The first kappa shape index (κ1) is 15.4. The van der Waals surface area contributed by atoms with Gasteiger partial charge >= 0.3 is 6.03 Å². The first-order chi connectivity index (χ1) is 8.91. The Morgan fingerprint density at radius 2 is 2.16 bits per heavy atom. The molecular formula is C11H18N4O3S. The number of hydrogen-bond acceptors (Lipinski definition) is 4. The fraction of sp³-hybridized carbons (Fsp3) is 0.455. The number of hydrogen-bond donors (Lipinski definition) is 2. The maximum atomic E-state index is 11.7. The minimum atomic E-state index is -3.41. The highest BCUT2D eigenvalue weighted by Crippen LogP contribution is 1.96. The highest BCUT2D eigenvalue weighted by Gasteiger charge is 2.11. The second-order valence-corrected chi connectivity index (χ2v) is 6.05. The number of carbonyl (C=O) groups is 1. The zero-order chi connectivity index (χ0) is 14.3. The van der Waals surface area contributed by atoms with Crippen LogP contribution in [0, 0.1) is 0 Å². The number of carbonyl (C=O) groups excluding carboxylic acids is 1. The summed E-state index contributed by atoms with van der Waals surface area (Å²) in [7, 11) is -0.237. The Morgan fingerprint density at radius 3 is 2.74 bits per heavy atom.